The standard InChI is InChI=1S/C10H15BrO/c1-3-4-5-6-9-7-12-8(2)10(9)11/h5-6,9H,3-4,7H2,1-2H3/b6-5-. The molecule has 0 N–H and O–H groups in total. The lowest BCUT2D eigenvalue weighted by atomic mass is 10.1. The van der Waals surface area contributed by atoms with Crippen LogP contribution in [0.2, 0.25) is 0 Å². The molecule has 1 aliphatic heterocycles. The number of ether oxygens (including phenoxy) is 1. The van der Waals surface area contributed by atoms with E-state index in [2.05, 4.69) is 35.0 Å². The van der Waals surface area contributed by atoms with Gasteiger partial charge in [-0.25, -0.2) is 0 Å². The van der Waals surface area contributed by atoms with Crippen molar-refractivity contribution in [3.63, 3.8) is 0 Å². The van der Waals surface area contributed by atoms with Crippen molar-refractivity contribution >= 4 is 15.9 Å². The van der Waals surface area contributed by atoms with Crippen LogP contribution in [0.15, 0.2) is 22.4 Å². The quantitative estimate of drug-likeness (QED) is 0.674. The summed E-state index contributed by atoms with van der Waals surface area (Å²) < 4.78 is 6.59. The Hall–Kier alpha value is -0.240. The molecule has 1 heterocycles. The Kier molecular flexibility index (Phi) is 3.86. The Labute approximate surface area is 82.6 Å². The van der Waals surface area contributed by atoms with E-state index in [9.17, 15) is 0 Å². The van der Waals surface area contributed by atoms with Crippen LogP contribution in [0.5, 0.6) is 0 Å². The summed E-state index contributed by atoms with van der Waals surface area (Å²) in [5.41, 5.74) is 0. The molecule has 68 valence electrons. The zero-order valence-electron chi connectivity index (χ0n) is 7.64. The van der Waals surface area contributed by atoms with E-state index in [0.29, 0.717) is 5.92 Å². The van der Waals surface area contributed by atoms with Crippen molar-refractivity contribution in [3.8, 4) is 0 Å². The van der Waals surface area contributed by atoms with Gasteiger partial charge in [0.15, 0.2) is 0 Å². The van der Waals surface area contributed by atoms with Crippen LogP contribution in [0.1, 0.15) is 26.7 Å². The molecule has 0 saturated carbocycles. The van der Waals surface area contributed by atoms with Crippen molar-refractivity contribution in [2.75, 3.05) is 6.61 Å². The van der Waals surface area contributed by atoms with Gasteiger partial charge in [0.2, 0.25) is 0 Å². The van der Waals surface area contributed by atoms with Gasteiger partial charge in [-0.1, -0.05) is 41.4 Å². The van der Waals surface area contributed by atoms with Crippen LogP contribution in [0.3, 0.4) is 0 Å². The first-order valence-corrected chi connectivity index (χ1v) is 5.20. The van der Waals surface area contributed by atoms with Gasteiger partial charge in [-0.15, -0.1) is 0 Å². The topological polar surface area (TPSA) is 9.23 Å². The van der Waals surface area contributed by atoms with Crippen LogP contribution in [0.25, 0.3) is 0 Å². The molecule has 1 aliphatic rings. The van der Waals surface area contributed by atoms with Crippen molar-refractivity contribution in [2.24, 2.45) is 5.92 Å². The zero-order valence-corrected chi connectivity index (χ0v) is 9.23. The summed E-state index contributed by atoms with van der Waals surface area (Å²) in [5, 5.41) is 0. The largest absolute Gasteiger partial charge is 0.496 e. The first-order chi connectivity index (χ1) is 5.75. The summed E-state index contributed by atoms with van der Waals surface area (Å²) in [6.45, 7) is 4.98. The Morgan fingerprint density at radius 1 is 1.67 bits per heavy atom. The number of hydrogen-bond donors (Lipinski definition) is 0. The van der Waals surface area contributed by atoms with Crippen LogP contribution < -0.4 is 0 Å². The van der Waals surface area contributed by atoms with Crippen molar-refractivity contribution in [3.05, 3.63) is 22.4 Å². The highest BCUT2D eigenvalue weighted by Gasteiger charge is 2.19. The Bertz CT molecular complexity index is 206. The zero-order chi connectivity index (χ0) is 8.97. The summed E-state index contributed by atoms with van der Waals surface area (Å²) in [4.78, 5) is 0. The minimum atomic E-state index is 0.455. The van der Waals surface area contributed by atoms with Crippen molar-refractivity contribution < 1.29 is 4.74 Å². The second-order valence-corrected chi connectivity index (χ2v) is 3.89. The van der Waals surface area contributed by atoms with Gasteiger partial charge < -0.3 is 4.74 Å². The number of unbranched alkanes of at least 4 members (excludes halogenated alkanes) is 1. The summed E-state index contributed by atoms with van der Waals surface area (Å²) in [6.07, 6.45) is 6.83. The highest BCUT2D eigenvalue weighted by Crippen LogP contribution is 2.30. The fourth-order valence-corrected chi connectivity index (χ4v) is 1.58. The van der Waals surface area contributed by atoms with E-state index in [1.807, 2.05) is 6.92 Å². The maximum absolute atomic E-state index is 5.39. The number of halogens is 1. The highest BCUT2D eigenvalue weighted by atomic mass is 79.9. The average molecular weight is 231 g/mol. The Balaban J connectivity index is 2.45. The molecule has 1 nitrogen and oxygen atoms in total. The van der Waals surface area contributed by atoms with Crippen LogP contribution >= 0.6 is 15.9 Å². The maximum atomic E-state index is 5.39. The first-order valence-electron chi connectivity index (χ1n) is 4.41. The SMILES string of the molecule is CCC/C=C\C1COC(C)=C1Br. The van der Waals surface area contributed by atoms with Crippen LogP contribution in [0, 0.1) is 5.92 Å². The molecule has 1 atom stereocenters. The molecule has 0 saturated heterocycles. The van der Waals surface area contributed by atoms with Crippen LogP contribution in [-0.4, -0.2) is 6.61 Å². The van der Waals surface area contributed by atoms with Gasteiger partial charge in [0.1, 0.15) is 5.76 Å². The Morgan fingerprint density at radius 3 is 2.92 bits per heavy atom. The third-order valence-electron chi connectivity index (χ3n) is 1.97. The molecule has 0 aromatic rings. The molecule has 0 fully saturated rings. The van der Waals surface area contributed by atoms with E-state index in [0.717, 1.165) is 18.8 Å². The lowest BCUT2D eigenvalue weighted by Crippen LogP contribution is -1.96. The molecule has 1 rings (SSSR count). The maximum Gasteiger partial charge on any atom is 0.104 e. The van der Waals surface area contributed by atoms with Crippen LogP contribution in [0.4, 0.5) is 0 Å². The number of hydrogen-bond acceptors (Lipinski definition) is 1. The molecule has 0 bridgehead atoms. The minimum absolute atomic E-state index is 0.455. The molecule has 2 heteroatoms. The Morgan fingerprint density at radius 2 is 2.42 bits per heavy atom. The van der Waals surface area contributed by atoms with Gasteiger partial charge in [0.05, 0.1) is 6.61 Å². The van der Waals surface area contributed by atoms with E-state index in [4.69, 9.17) is 4.74 Å². The molecule has 0 spiro atoms. The fraction of sp³-hybridized carbons (Fsp3) is 0.600. The van der Waals surface area contributed by atoms with Crippen molar-refractivity contribution in [1.82, 2.24) is 0 Å². The van der Waals surface area contributed by atoms with E-state index in [1.165, 1.54) is 10.9 Å². The summed E-state index contributed by atoms with van der Waals surface area (Å²) in [6, 6.07) is 0. The molecule has 0 aliphatic carbocycles. The third-order valence-corrected chi connectivity index (χ3v) is 3.11. The number of allylic oxidation sites excluding steroid dienone is 2. The van der Waals surface area contributed by atoms with Crippen molar-refractivity contribution in [1.29, 1.82) is 0 Å². The van der Waals surface area contributed by atoms with E-state index < -0.39 is 0 Å². The molecular formula is C10H15BrO. The first kappa shape index (κ1) is 9.85. The normalized spacial score (nSPS) is 23.8. The predicted octanol–water partition coefficient (Wildman–Crippen LogP) is 3.62. The van der Waals surface area contributed by atoms with E-state index >= 15 is 0 Å². The van der Waals surface area contributed by atoms with Gasteiger partial charge in [0, 0.05) is 10.4 Å². The molecule has 1 unspecified atom stereocenters. The van der Waals surface area contributed by atoms with Gasteiger partial charge in [-0.05, 0) is 13.3 Å². The average Bonchev–Trinajstić information content (AvgIpc) is 2.36. The van der Waals surface area contributed by atoms with Crippen molar-refractivity contribution in [2.45, 2.75) is 26.7 Å². The molecular weight excluding hydrogens is 216 g/mol. The van der Waals surface area contributed by atoms with Gasteiger partial charge in [0.25, 0.3) is 0 Å². The second-order valence-electron chi connectivity index (χ2n) is 3.04. The summed E-state index contributed by atoms with van der Waals surface area (Å²) in [5.74, 6) is 1.48. The molecule has 0 aromatic heterocycles. The van der Waals surface area contributed by atoms with Gasteiger partial charge in [-0.2, -0.15) is 0 Å². The van der Waals surface area contributed by atoms with E-state index in [-0.39, 0.29) is 0 Å². The number of rotatable bonds is 3. The summed E-state index contributed by atoms with van der Waals surface area (Å²) >= 11 is 3.53. The summed E-state index contributed by atoms with van der Waals surface area (Å²) in [7, 11) is 0. The fourth-order valence-electron chi connectivity index (χ4n) is 1.19. The lowest BCUT2D eigenvalue weighted by Gasteiger charge is -1.99. The molecule has 0 amide bonds. The monoisotopic (exact) mass is 230 g/mol. The van der Waals surface area contributed by atoms with Crippen LogP contribution in [-0.2, 0) is 4.74 Å². The molecule has 12 heavy (non-hydrogen) atoms. The minimum Gasteiger partial charge on any atom is -0.496 e. The molecule has 0 radical (unpaired) electrons. The lowest BCUT2D eigenvalue weighted by molar-refractivity contribution is 0.231. The second kappa shape index (κ2) is 4.70. The third kappa shape index (κ3) is 2.37. The van der Waals surface area contributed by atoms with Gasteiger partial charge >= 0.3 is 0 Å². The smallest absolute Gasteiger partial charge is 0.104 e. The van der Waals surface area contributed by atoms with Gasteiger partial charge in [-0.3, -0.25) is 0 Å². The highest BCUT2D eigenvalue weighted by molar-refractivity contribution is 9.11. The predicted molar refractivity (Wildman–Crippen MR) is 55.1 cm³/mol. The van der Waals surface area contributed by atoms with E-state index in [1.54, 1.807) is 0 Å². The molecule has 0 aromatic carbocycles.